The van der Waals surface area contributed by atoms with E-state index < -0.39 is 0 Å². The van der Waals surface area contributed by atoms with Gasteiger partial charge in [-0.1, -0.05) is 63.0 Å². The molecule has 7 rings (SSSR count). The summed E-state index contributed by atoms with van der Waals surface area (Å²) in [7, 11) is 0. The number of nitrogens with zero attached hydrogens (tertiary/aromatic N) is 4. The largest absolute Gasteiger partial charge is 2.00 e. The standard InChI is InChI=1S/C40H36N4O.Pt/c1-5-11-29-17-16-28(6-2)40(34(29)7-3)30-25-42-43(26-30)31-12-10-13-32(23-31)45-33-18-19-36-35-14-8-9-15-37(35)44(38(36)24-33)39-22-27(4)20-21-41-39;/h8-10,12-22,25-26H,5-7,11H2,1-4H3;/q-2;+2. The predicted molar refractivity (Wildman–Crippen MR) is 183 cm³/mol. The molecule has 0 saturated carbocycles. The van der Waals surface area contributed by atoms with Gasteiger partial charge in [0.1, 0.15) is 5.82 Å². The van der Waals surface area contributed by atoms with Crippen molar-refractivity contribution in [2.24, 2.45) is 0 Å². The smallest absolute Gasteiger partial charge is 0.509 e. The number of aryl methyl sites for hydroxylation is 3. The van der Waals surface area contributed by atoms with Gasteiger partial charge in [-0.3, -0.25) is 4.68 Å². The maximum absolute atomic E-state index is 6.38. The minimum Gasteiger partial charge on any atom is -0.509 e. The molecule has 3 heterocycles. The second-order valence-corrected chi connectivity index (χ2v) is 11.5. The minimum absolute atomic E-state index is 0. The van der Waals surface area contributed by atoms with Crippen molar-refractivity contribution >= 4 is 21.8 Å². The minimum atomic E-state index is 0. The van der Waals surface area contributed by atoms with Crippen molar-refractivity contribution in [2.45, 2.75) is 53.4 Å². The number of ether oxygens (including phenoxy) is 1. The second-order valence-electron chi connectivity index (χ2n) is 11.5. The average Bonchev–Trinajstić information content (AvgIpc) is 3.68. The topological polar surface area (TPSA) is 44.9 Å². The van der Waals surface area contributed by atoms with Crippen LogP contribution in [0.4, 0.5) is 0 Å². The summed E-state index contributed by atoms with van der Waals surface area (Å²) in [5.74, 6) is 2.07. The Hall–Kier alpha value is -4.47. The number of fused-ring (bicyclic) bond motifs is 3. The molecule has 5 nitrogen and oxygen atoms in total. The fourth-order valence-corrected chi connectivity index (χ4v) is 6.45. The maximum atomic E-state index is 6.38. The van der Waals surface area contributed by atoms with Gasteiger partial charge in [-0.2, -0.15) is 17.2 Å². The first-order valence-corrected chi connectivity index (χ1v) is 15.9. The van der Waals surface area contributed by atoms with Gasteiger partial charge in [0.15, 0.2) is 0 Å². The summed E-state index contributed by atoms with van der Waals surface area (Å²) in [6.07, 6.45) is 10.1. The second kappa shape index (κ2) is 13.5. The van der Waals surface area contributed by atoms with Crippen LogP contribution in [0.5, 0.6) is 11.5 Å². The molecule has 0 atom stereocenters. The van der Waals surface area contributed by atoms with Gasteiger partial charge in [0, 0.05) is 35.0 Å². The van der Waals surface area contributed by atoms with E-state index in [1.54, 1.807) is 0 Å². The summed E-state index contributed by atoms with van der Waals surface area (Å²) >= 11 is 0. The van der Waals surface area contributed by atoms with Crippen molar-refractivity contribution in [3.05, 3.63) is 132 Å². The van der Waals surface area contributed by atoms with Crippen molar-refractivity contribution in [3.63, 3.8) is 0 Å². The van der Waals surface area contributed by atoms with Crippen LogP contribution in [0, 0.1) is 19.1 Å². The summed E-state index contributed by atoms with van der Waals surface area (Å²) in [4.78, 5) is 4.69. The van der Waals surface area contributed by atoms with Gasteiger partial charge in [-0.25, -0.2) is 4.98 Å². The molecule has 3 aromatic heterocycles. The zero-order valence-electron chi connectivity index (χ0n) is 26.6. The van der Waals surface area contributed by atoms with Crippen LogP contribution in [0.25, 0.3) is 44.4 Å². The molecule has 46 heavy (non-hydrogen) atoms. The zero-order chi connectivity index (χ0) is 30.9. The van der Waals surface area contributed by atoms with Crippen LogP contribution < -0.4 is 4.74 Å². The van der Waals surface area contributed by atoms with Crippen molar-refractivity contribution in [2.75, 3.05) is 0 Å². The Morgan fingerprint density at radius 1 is 0.804 bits per heavy atom. The number of rotatable bonds is 9. The number of benzene rings is 4. The summed E-state index contributed by atoms with van der Waals surface area (Å²) in [6, 6.07) is 34.0. The Kier molecular flexibility index (Phi) is 9.24. The molecule has 0 bridgehead atoms. The summed E-state index contributed by atoms with van der Waals surface area (Å²) in [6.45, 7) is 8.80. The average molecular weight is 784 g/mol. The molecule has 0 aliphatic heterocycles. The van der Waals surface area contributed by atoms with Gasteiger partial charge in [-0.05, 0) is 83.3 Å². The Labute approximate surface area is 285 Å². The van der Waals surface area contributed by atoms with E-state index in [9.17, 15) is 0 Å². The quantitative estimate of drug-likeness (QED) is 0.137. The van der Waals surface area contributed by atoms with Gasteiger partial charge < -0.3 is 9.30 Å². The van der Waals surface area contributed by atoms with Gasteiger partial charge in [0.2, 0.25) is 0 Å². The van der Waals surface area contributed by atoms with Crippen LogP contribution in [-0.4, -0.2) is 19.3 Å². The maximum Gasteiger partial charge on any atom is 2.00 e. The van der Waals surface area contributed by atoms with Crippen LogP contribution in [0.3, 0.4) is 0 Å². The van der Waals surface area contributed by atoms with Crippen LogP contribution >= 0.6 is 0 Å². The summed E-state index contributed by atoms with van der Waals surface area (Å²) in [5.41, 5.74) is 10.7. The van der Waals surface area contributed by atoms with Crippen molar-refractivity contribution in [1.82, 2.24) is 19.3 Å². The molecule has 6 heteroatoms. The Morgan fingerprint density at radius 3 is 2.43 bits per heavy atom. The first-order chi connectivity index (χ1) is 22.1. The van der Waals surface area contributed by atoms with Gasteiger partial charge >= 0.3 is 21.1 Å². The fraction of sp³-hybridized carbons (Fsp3) is 0.200. The first-order valence-electron chi connectivity index (χ1n) is 15.9. The first kappa shape index (κ1) is 31.5. The van der Waals surface area contributed by atoms with Gasteiger partial charge in [-0.15, -0.1) is 35.7 Å². The van der Waals surface area contributed by atoms with E-state index >= 15 is 0 Å². The number of aromatic nitrogens is 4. The summed E-state index contributed by atoms with van der Waals surface area (Å²) in [5, 5.41) is 7.02. The summed E-state index contributed by atoms with van der Waals surface area (Å²) < 4.78 is 10.4. The van der Waals surface area contributed by atoms with Gasteiger partial charge in [0.05, 0.1) is 6.20 Å². The number of hydrogen-bond donors (Lipinski definition) is 0. The molecule has 4 aromatic carbocycles. The number of pyridine rings is 1. The van der Waals surface area contributed by atoms with Crippen LogP contribution in [0.2, 0.25) is 0 Å². The van der Waals surface area contributed by atoms with Crippen LogP contribution in [0.15, 0.2) is 97.5 Å². The molecule has 0 spiro atoms. The molecule has 0 unspecified atom stereocenters. The molecular weight excluding hydrogens is 748 g/mol. The molecule has 0 saturated heterocycles. The third kappa shape index (κ3) is 5.81. The molecule has 7 aromatic rings. The molecule has 0 aliphatic rings. The van der Waals surface area contributed by atoms with E-state index in [0.717, 1.165) is 70.1 Å². The van der Waals surface area contributed by atoms with Crippen molar-refractivity contribution in [1.29, 1.82) is 0 Å². The fourth-order valence-electron chi connectivity index (χ4n) is 6.45. The zero-order valence-corrected chi connectivity index (χ0v) is 28.9. The van der Waals surface area contributed by atoms with Crippen molar-refractivity contribution in [3.8, 4) is 34.1 Å². The molecule has 0 radical (unpaired) electrons. The normalized spacial score (nSPS) is 11.2. The number of para-hydroxylation sites is 1. The van der Waals surface area contributed by atoms with Crippen LogP contribution in [-0.2, 0) is 40.3 Å². The Balaban J connectivity index is 0.00000372. The van der Waals surface area contributed by atoms with Gasteiger partial charge in [0.25, 0.3) is 0 Å². The Bertz CT molecular complexity index is 2160. The Morgan fingerprint density at radius 2 is 1.63 bits per heavy atom. The van der Waals surface area contributed by atoms with E-state index in [-0.39, 0.29) is 21.1 Å². The predicted octanol–water partition coefficient (Wildman–Crippen LogP) is 9.81. The third-order valence-corrected chi connectivity index (χ3v) is 8.53. The molecule has 0 N–H and O–H groups in total. The molecule has 0 fully saturated rings. The molecule has 0 amide bonds. The van der Waals surface area contributed by atoms with Crippen molar-refractivity contribution < 1.29 is 25.8 Å². The third-order valence-electron chi connectivity index (χ3n) is 8.53. The van der Waals surface area contributed by atoms with E-state index in [4.69, 9.17) is 9.84 Å². The van der Waals surface area contributed by atoms with E-state index in [2.05, 4.69) is 104 Å². The van der Waals surface area contributed by atoms with E-state index in [0.29, 0.717) is 11.5 Å². The van der Waals surface area contributed by atoms with E-state index in [1.165, 1.54) is 22.3 Å². The molecule has 232 valence electrons. The van der Waals surface area contributed by atoms with E-state index in [1.807, 2.05) is 47.4 Å². The molecular formula is C40H36N4OPt. The molecule has 0 aliphatic carbocycles. The SMILES string of the molecule is CCCc1ccc(CC)c(-c2cnn(-c3[c-]c(Oc4[c-]c5c(cc4)c4ccccc4n5-c4cc(C)ccn4)ccc3)c2)c1CC.[Pt+2]. The number of hydrogen-bond acceptors (Lipinski definition) is 3. The monoisotopic (exact) mass is 783 g/mol. The van der Waals surface area contributed by atoms with Crippen LogP contribution in [0.1, 0.15) is 49.4 Å².